The molecular formula is C16H28ClN3O. The van der Waals surface area contributed by atoms with Crippen molar-refractivity contribution in [2.45, 2.75) is 53.4 Å². The molecule has 5 heteroatoms. The second kappa shape index (κ2) is 7.41. The van der Waals surface area contributed by atoms with Gasteiger partial charge in [0.1, 0.15) is 10.9 Å². The molecule has 0 bridgehead atoms. The van der Waals surface area contributed by atoms with Gasteiger partial charge < -0.3 is 5.73 Å². The van der Waals surface area contributed by atoms with E-state index in [1.54, 1.807) is 11.7 Å². The van der Waals surface area contributed by atoms with Crippen molar-refractivity contribution in [3.63, 3.8) is 0 Å². The number of hydrogen-bond acceptors (Lipinski definition) is 3. The average molecular weight is 314 g/mol. The number of nitrogens with two attached hydrogens (primary N) is 1. The molecule has 1 rings (SSSR count). The lowest BCUT2D eigenvalue weighted by Gasteiger charge is -2.30. The number of aromatic nitrogens is 2. The Labute approximate surface area is 133 Å². The normalized spacial score (nSPS) is 13.5. The van der Waals surface area contributed by atoms with E-state index in [0.29, 0.717) is 30.5 Å². The maximum Gasteiger partial charge on any atom is 0.137 e. The van der Waals surface area contributed by atoms with E-state index in [-0.39, 0.29) is 11.2 Å². The second-order valence-corrected chi connectivity index (χ2v) is 7.23. The maximum absolute atomic E-state index is 12.2. The van der Waals surface area contributed by atoms with E-state index in [1.807, 2.05) is 6.92 Å². The van der Waals surface area contributed by atoms with Gasteiger partial charge >= 0.3 is 0 Å². The molecule has 0 fully saturated rings. The molecular weight excluding hydrogens is 286 g/mol. The van der Waals surface area contributed by atoms with Crippen LogP contribution >= 0.6 is 11.6 Å². The molecule has 1 unspecified atom stereocenters. The lowest BCUT2D eigenvalue weighted by Crippen LogP contribution is -2.24. The standard InChI is InChI=1S/C16H28ClN3O/c1-11-14(15(17)20(5)19-11)10-13(21)7-6-12(8-9-18)16(2,3)4/h12H,6-10,18H2,1-5H3. The maximum atomic E-state index is 12.2. The van der Waals surface area contributed by atoms with E-state index in [2.05, 4.69) is 25.9 Å². The van der Waals surface area contributed by atoms with Gasteiger partial charge in [-0.1, -0.05) is 32.4 Å². The third-order valence-corrected chi connectivity index (χ3v) is 4.63. The van der Waals surface area contributed by atoms with Crippen LogP contribution < -0.4 is 5.73 Å². The number of hydrogen-bond donors (Lipinski definition) is 1. The molecule has 0 aliphatic carbocycles. The summed E-state index contributed by atoms with van der Waals surface area (Å²) in [5.74, 6) is 0.691. The van der Waals surface area contributed by atoms with E-state index in [9.17, 15) is 4.79 Å². The quantitative estimate of drug-likeness (QED) is 0.840. The van der Waals surface area contributed by atoms with Gasteiger partial charge in [-0.15, -0.1) is 0 Å². The van der Waals surface area contributed by atoms with Gasteiger partial charge in [0.05, 0.1) is 5.69 Å². The third-order valence-electron chi connectivity index (χ3n) is 4.16. The summed E-state index contributed by atoms with van der Waals surface area (Å²) >= 11 is 6.17. The first-order valence-electron chi connectivity index (χ1n) is 7.56. The van der Waals surface area contributed by atoms with E-state index in [0.717, 1.165) is 24.1 Å². The molecule has 0 saturated heterocycles. The van der Waals surface area contributed by atoms with Gasteiger partial charge in [0.2, 0.25) is 0 Å². The molecule has 0 radical (unpaired) electrons. The zero-order chi connectivity index (χ0) is 16.2. The van der Waals surface area contributed by atoms with Crippen LogP contribution in [-0.4, -0.2) is 22.1 Å². The number of rotatable bonds is 7. The molecule has 1 aromatic heterocycles. The van der Waals surface area contributed by atoms with E-state index in [1.165, 1.54) is 0 Å². The van der Waals surface area contributed by atoms with Crippen molar-refractivity contribution in [2.75, 3.05) is 6.54 Å². The minimum absolute atomic E-state index is 0.182. The summed E-state index contributed by atoms with van der Waals surface area (Å²) in [6.45, 7) is 9.18. The van der Waals surface area contributed by atoms with Crippen molar-refractivity contribution >= 4 is 17.4 Å². The van der Waals surface area contributed by atoms with Crippen LogP contribution in [0.1, 0.15) is 51.3 Å². The number of carbonyl (C=O) groups is 1. The highest BCUT2D eigenvalue weighted by Gasteiger charge is 2.24. The van der Waals surface area contributed by atoms with E-state index >= 15 is 0 Å². The Balaban J connectivity index is 2.61. The lowest BCUT2D eigenvalue weighted by molar-refractivity contribution is -0.118. The lowest BCUT2D eigenvalue weighted by atomic mass is 9.76. The predicted molar refractivity (Wildman–Crippen MR) is 87.5 cm³/mol. The fourth-order valence-corrected chi connectivity index (χ4v) is 2.95. The summed E-state index contributed by atoms with van der Waals surface area (Å²) in [5.41, 5.74) is 7.56. The van der Waals surface area contributed by atoms with Gasteiger partial charge in [0.25, 0.3) is 0 Å². The van der Waals surface area contributed by atoms with E-state index < -0.39 is 0 Å². The summed E-state index contributed by atoms with van der Waals surface area (Å²) in [7, 11) is 1.79. The first-order valence-corrected chi connectivity index (χ1v) is 7.94. The van der Waals surface area contributed by atoms with Crippen LogP contribution in [-0.2, 0) is 18.3 Å². The number of nitrogens with zero attached hydrogens (tertiary/aromatic N) is 2. The topological polar surface area (TPSA) is 60.9 Å². The molecule has 0 aromatic carbocycles. The molecule has 4 nitrogen and oxygen atoms in total. The Morgan fingerprint density at radius 1 is 1.38 bits per heavy atom. The van der Waals surface area contributed by atoms with Crippen molar-refractivity contribution in [3.8, 4) is 0 Å². The Morgan fingerprint density at radius 3 is 2.43 bits per heavy atom. The van der Waals surface area contributed by atoms with Gasteiger partial charge in [-0.25, -0.2) is 0 Å². The molecule has 0 saturated carbocycles. The Morgan fingerprint density at radius 2 is 2.00 bits per heavy atom. The fourth-order valence-electron chi connectivity index (χ4n) is 2.71. The molecule has 0 aliphatic rings. The molecule has 0 spiro atoms. The molecule has 1 aromatic rings. The number of halogens is 1. The molecule has 1 atom stereocenters. The van der Waals surface area contributed by atoms with Crippen LogP contribution in [0.2, 0.25) is 5.15 Å². The number of Topliss-reactive ketones (excluding diaryl/α,β-unsaturated/α-hetero) is 1. The third kappa shape index (κ3) is 5.11. The molecule has 120 valence electrons. The van der Waals surface area contributed by atoms with Gasteiger partial charge in [-0.05, 0) is 37.6 Å². The van der Waals surface area contributed by atoms with Crippen molar-refractivity contribution in [3.05, 3.63) is 16.4 Å². The highest BCUT2D eigenvalue weighted by atomic mass is 35.5. The highest BCUT2D eigenvalue weighted by molar-refractivity contribution is 6.30. The first-order chi connectivity index (χ1) is 9.66. The second-order valence-electron chi connectivity index (χ2n) is 6.87. The van der Waals surface area contributed by atoms with Crippen LogP contribution in [0, 0.1) is 18.3 Å². The smallest absolute Gasteiger partial charge is 0.137 e. The van der Waals surface area contributed by atoms with Crippen LogP contribution in [0.5, 0.6) is 0 Å². The Kier molecular flexibility index (Phi) is 6.41. The Hall–Kier alpha value is -0.870. The minimum atomic E-state index is 0.182. The molecule has 1 heterocycles. The summed E-state index contributed by atoms with van der Waals surface area (Å²) < 4.78 is 1.62. The number of carbonyl (C=O) groups excluding carboxylic acids is 1. The molecule has 2 N–H and O–H groups in total. The summed E-state index contributed by atoms with van der Waals surface area (Å²) in [5, 5.41) is 4.81. The van der Waals surface area contributed by atoms with Crippen LogP contribution in [0.25, 0.3) is 0 Å². The zero-order valence-electron chi connectivity index (χ0n) is 13.9. The zero-order valence-corrected chi connectivity index (χ0v) is 14.6. The Bertz CT molecular complexity index is 488. The summed E-state index contributed by atoms with van der Waals surface area (Å²) in [6, 6.07) is 0. The van der Waals surface area contributed by atoms with Crippen molar-refractivity contribution < 1.29 is 4.79 Å². The van der Waals surface area contributed by atoms with Crippen LogP contribution in [0.15, 0.2) is 0 Å². The molecule has 0 amide bonds. The van der Waals surface area contributed by atoms with E-state index in [4.69, 9.17) is 17.3 Å². The van der Waals surface area contributed by atoms with Crippen molar-refractivity contribution in [2.24, 2.45) is 24.1 Å². The molecule has 21 heavy (non-hydrogen) atoms. The van der Waals surface area contributed by atoms with Gasteiger partial charge in [0, 0.05) is 25.5 Å². The van der Waals surface area contributed by atoms with Crippen LogP contribution in [0.3, 0.4) is 0 Å². The number of aryl methyl sites for hydroxylation is 2. The van der Waals surface area contributed by atoms with Crippen LogP contribution in [0.4, 0.5) is 0 Å². The van der Waals surface area contributed by atoms with Gasteiger partial charge in [-0.3, -0.25) is 9.48 Å². The highest BCUT2D eigenvalue weighted by Crippen LogP contribution is 2.32. The van der Waals surface area contributed by atoms with Gasteiger partial charge in [-0.2, -0.15) is 5.10 Å². The van der Waals surface area contributed by atoms with Gasteiger partial charge in [0.15, 0.2) is 0 Å². The minimum Gasteiger partial charge on any atom is -0.330 e. The SMILES string of the molecule is Cc1nn(C)c(Cl)c1CC(=O)CCC(CCN)C(C)(C)C. The monoisotopic (exact) mass is 313 g/mol. The van der Waals surface area contributed by atoms with Crippen molar-refractivity contribution in [1.82, 2.24) is 9.78 Å². The largest absolute Gasteiger partial charge is 0.330 e. The average Bonchev–Trinajstić information content (AvgIpc) is 2.60. The summed E-state index contributed by atoms with van der Waals surface area (Å²) in [6.07, 6.45) is 2.80. The summed E-state index contributed by atoms with van der Waals surface area (Å²) in [4.78, 5) is 12.2. The fraction of sp³-hybridized carbons (Fsp3) is 0.750. The predicted octanol–water partition coefficient (Wildman–Crippen LogP) is 3.28. The van der Waals surface area contributed by atoms with Crippen molar-refractivity contribution in [1.29, 1.82) is 0 Å². The first kappa shape index (κ1) is 18.2. The number of ketones is 1. The molecule has 0 aliphatic heterocycles.